The van der Waals surface area contributed by atoms with Crippen LogP contribution >= 0.6 is 0 Å². The predicted molar refractivity (Wildman–Crippen MR) is 26.6 cm³/mol. The topological polar surface area (TPSA) is 78.4 Å². The molecule has 8 heteroatoms. The Hall–Kier alpha value is 6.21. The average molecular weight is 548 g/mol. The zero-order chi connectivity index (χ0) is 7.33. The minimum absolute atomic E-state index is 0. The summed E-state index contributed by atoms with van der Waals surface area (Å²) in [4.78, 5) is 29.4. The van der Waals surface area contributed by atoms with Crippen LogP contribution in [0.3, 0.4) is 0 Å². The van der Waals surface area contributed by atoms with Crippen molar-refractivity contribution in [2.24, 2.45) is 0 Å². The fourth-order valence-corrected chi connectivity index (χ4v) is 0.736. The number of rotatable bonds is 4. The Morgan fingerprint density at radius 2 is 1.50 bits per heavy atom. The summed E-state index contributed by atoms with van der Waals surface area (Å²) in [5, 5.41) is 0. The third kappa shape index (κ3) is 25.2. The Kier molecular flexibility index (Phi) is 38.3. The smallest absolute Gasteiger partial charge is 0.861 e. The Bertz CT molecular complexity index is 79.2. The third-order valence-corrected chi connectivity index (χ3v) is 1.33. The van der Waals surface area contributed by atoms with Gasteiger partial charge in [-0.25, -0.2) is 0 Å². The van der Waals surface area contributed by atoms with Crippen molar-refractivity contribution in [1.82, 2.24) is 0 Å². The van der Waals surface area contributed by atoms with Gasteiger partial charge in [0.1, 0.15) is 0 Å². The Balaban J connectivity index is -0.000000107. The molecule has 0 aromatic heterocycles. The summed E-state index contributed by atoms with van der Waals surface area (Å²) in [7, 11) is -4.94. The molecule has 0 amide bonds. The second kappa shape index (κ2) is 17.2. The van der Waals surface area contributed by atoms with Gasteiger partial charge in [0.25, 0.3) is 0 Å². The van der Waals surface area contributed by atoms with E-state index in [9.17, 15) is 14.4 Å². The quantitative estimate of drug-likeness (QED) is 0.259. The van der Waals surface area contributed by atoms with Crippen LogP contribution in [-0.2, 0) is 4.43 Å². The van der Waals surface area contributed by atoms with Gasteiger partial charge >= 0.3 is 207 Å². The summed E-state index contributed by atoms with van der Waals surface area (Å²) < 4.78 is 3.94. The Morgan fingerprint density at radius 3 is 1.75 bits per heavy atom. The second-order valence-corrected chi connectivity index (χ2v) is 2.99. The minimum atomic E-state index is -4.94. The summed E-state index contributed by atoms with van der Waals surface area (Å²) in [5.41, 5.74) is 0. The molecule has 0 aliphatic rings. The molecule has 0 spiro atoms. The van der Waals surface area contributed by atoms with E-state index >= 15 is 0 Å². The minimum Gasteiger partial charge on any atom is -0.861 e. The van der Waals surface area contributed by atoms with E-state index in [1.165, 1.54) is 0 Å². The molecule has 0 saturated carbocycles. The fourth-order valence-electron chi connectivity index (χ4n) is 0.342. The maximum Gasteiger partial charge on any atom is 1.00 e. The van der Waals surface area contributed by atoms with Crippen molar-refractivity contribution in [3.8, 4) is 0 Å². The average Bonchev–Trinajstić information content (AvgIpc) is 1.63. The normalized spacial score (nSPS) is 9.00. The van der Waals surface area contributed by atoms with Crippen LogP contribution in [0.25, 0.3) is 0 Å². The summed E-state index contributed by atoms with van der Waals surface area (Å²) in [5.74, 6) is 0. The second-order valence-electron chi connectivity index (χ2n) is 1.70. The van der Waals surface area contributed by atoms with E-state index in [-0.39, 0.29) is 213 Å². The Labute approximate surface area is 251 Å². The van der Waals surface area contributed by atoms with Gasteiger partial charge in [0.15, 0.2) is 0 Å². The van der Waals surface area contributed by atoms with Crippen molar-refractivity contribution < 1.29 is 225 Å². The van der Waals surface area contributed by atoms with Crippen molar-refractivity contribution in [3.63, 3.8) is 0 Å². The van der Waals surface area contributed by atoms with Gasteiger partial charge in [-0.05, 0) is 6.42 Å². The van der Waals surface area contributed by atoms with Gasteiger partial charge in [-0.1, -0.05) is 13.3 Å². The molecule has 0 radical (unpaired) electrons. The van der Waals surface area contributed by atoms with Crippen LogP contribution in [0.2, 0.25) is 0 Å². The van der Waals surface area contributed by atoms with Crippen molar-refractivity contribution in [2.75, 3.05) is 6.61 Å². The van der Waals surface area contributed by atoms with Crippen molar-refractivity contribution in [3.05, 3.63) is 0 Å². The van der Waals surface area contributed by atoms with E-state index < -0.39 is 9.05 Å². The Morgan fingerprint density at radius 1 is 1.08 bits per heavy atom. The molecule has 0 bridgehead atoms. The molecule has 0 aromatic carbocycles. The monoisotopic (exact) mass is 548 g/mol. The van der Waals surface area contributed by atoms with E-state index in [4.69, 9.17) is 0 Å². The molecule has 0 atom stereocenters. The molecule has 0 fully saturated rings. The fraction of sp³-hybridized carbons (Fsp3) is 1.00. The number of unbranched alkanes of at least 4 members (excludes halogenated alkanes) is 1. The van der Waals surface area contributed by atoms with Crippen LogP contribution in [0.4, 0.5) is 0 Å². The summed E-state index contributed by atoms with van der Waals surface area (Å²) in [6.07, 6.45) is 1.44. The van der Waals surface area contributed by atoms with Gasteiger partial charge in [0.05, 0.1) is 0 Å². The molecular weight excluding hydrogens is 539 g/mol. The molecule has 0 aromatic rings. The van der Waals surface area contributed by atoms with E-state index in [1.54, 1.807) is 0 Å². The largest absolute Gasteiger partial charge is 1.00 e. The van der Waals surface area contributed by atoms with Crippen molar-refractivity contribution in [2.45, 2.75) is 19.8 Å². The summed E-state index contributed by atoms with van der Waals surface area (Å²) in [6, 6.07) is 0. The van der Waals surface area contributed by atoms with Crippen molar-refractivity contribution in [1.29, 1.82) is 0 Å². The van der Waals surface area contributed by atoms with Crippen LogP contribution in [0.5, 0.6) is 0 Å². The molecule has 0 N–H and O–H groups in total. The first-order chi connectivity index (χ1) is 4.06. The van der Waals surface area contributed by atoms with Crippen LogP contribution in [-0.4, -0.2) is 15.7 Å². The summed E-state index contributed by atoms with van der Waals surface area (Å²) >= 11 is 0. The van der Waals surface area contributed by atoms with Gasteiger partial charge in [-0.15, -0.1) is 9.05 Å². The van der Waals surface area contributed by atoms with Gasteiger partial charge in [0.2, 0.25) is 0 Å². The zero-order valence-corrected chi connectivity index (χ0v) is 28.1. The summed E-state index contributed by atoms with van der Waals surface area (Å²) in [6.45, 7) is 1.91. The first-order valence-corrected chi connectivity index (χ1v) is 4.45. The molecule has 4 nitrogen and oxygen atoms in total. The zero-order valence-electron chi connectivity index (χ0n) is 8.25. The van der Waals surface area contributed by atoms with E-state index in [1.807, 2.05) is 6.92 Å². The van der Waals surface area contributed by atoms with E-state index in [0.29, 0.717) is 6.42 Å². The standard InChI is InChI=1S/C4H9O4Si.3Cs/c1-2-3-4-8-9(5,6)7;;;/h2-4H2,1H3;;;/q-3;3*+1. The molecule has 12 heavy (non-hydrogen) atoms. The molecule has 0 rings (SSSR count). The van der Waals surface area contributed by atoms with E-state index in [0.717, 1.165) is 6.42 Å². The van der Waals surface area contributed by atoms with E-state index in [2.05, 4.69) is 4.43 Å². The molecule has 0 saturated heterocycles. The first-order valence-electron chi connectivity index (χ1n) is 2.81. The first kappa shape index (κ1) is 26.7. The van der Waals surface area contributed by atoms with Gasteiger partial charge in [0, 0.05) is 6.61 Å². The molecule has 0 heterocycles. The number of hydrogen-bond donors (Lipinski definition) is 0. The van der Waals surface area contributed by atoms with Crippen LogP contribution in [0.1, 0.15) is 19.8 Å². The van der Waals surface area contributed by atoms with Gasteiger partial charge in [-0.3, -0.25) is 0 Å². The maximum atomic E-state index is 9.78. The maximum absolute atomic E-state index is 9.78. The molecule has 56 valence electrons. The van der Waals surface area contributed by atoms with Crippen LogP contribution in [0, 0.1) is 0 Å². The SMILES string of the molecule is CCCCO[Si]([O-])([O-])[O-].[Cs+].[Cs+].[Cs+]. The van der Waals surface area contributed by atoms with Crippen LogP contribution < -0.4 is 221 Å². The molecule has 0 aliphatic carbocycles. The van der Waals surface area contributed by atoms with Gasteiger partial charge < -0.3 is 18.8 Å². The predicted octanol–water partition coefficient (Wildman–Crippen LogP) is -11.7. The molecular formula is C4H9Cs3O4Si. The van der Waals surface area contributed by atoms with Gasteiger partial charge in [-0.2, -0.15) is 0 Å². The molecule has 0 unspecified atom stereocenters. The molecule has 0 aliphatic heterocycles. The van der Waals surface area contributed by atoms with Crippen LogP contribution in [0.15, 0.2) is 0 Å². The number of hydrogen-bond acceptors (Lipinski definition) is 4. The third-order valence-electron chi connectivity index (χ3n) is 0.777. The van der Waals surface area contributed by atoms with Crippen molar-refractivity contribution >= 4 is 9.05 Å².